The molecule has 0 bridgehead atoms. The van der Waals surface area contributed by atoms with E-state index in [-0.39, 0.29) is 0 Å². The first kappa shape index (κ1) is 9.82. The quantitative estimate of drug-likeness (QED) is 0.497. The van der Waals surface area contributed by atoms with Gasteiger partial charge in [-0.1, -0.05) is 11.8 Å². The zero-order valence-corrected chi connectivity index (χ0v) is 8.34. The van der Waals surface area contributed by atoms with Crippen molar-refractivity contribution < 1.29 is 0 Å². The topological polar surface area (TPSA) is 29.0 Å². The molecule has 1 aromatic heterocycles. The van der Waals surface area contributed by atoms with Gasteiger partial charge in [0.15, 0.2) is 0 Å². The van der Waals surface area contributed by atoms with Crippen LogP contribution in [0.3, 0.4) is 0 Å². The fourth-order valence-corrected chi connectivity index (χ4v) is 0.819. The number of hydrogen-bond donors (Lipinski definition) is 0. The van der Waals surface area contributed by atoms with Gasteiger partial charge < -0.3 is 4.90 Å². The van der Waals surface area contributed by atoms with Gasteiger partial charge in [-0.15, -0.1) is 11.6 Å². The Balaban J connectivity index is 2.81. The van der Waals surface area contributed by atoms with Crippen LogP contribution in [0.15, 0.2) is 12.4 Å². The van der Waals surface area contributed by atoms with Crippen LogP contribution < -0.4 is 4.90 Å². The summed E-state index contributed by atoms with van der Waals surface area (Å²) in [4.78, 5) is 10.0. The highest BCUT2D eigenvalue weighted by Gasteiger charge is 1.96. The average Bonchev–Trinajstić information content (AvgIpc) is 2.15. The zero-order valence-electron chi connectivity index (χ0n) is 7.58. The van der Waals surface area contributed by atoms with Gasteiger partial charge >= 0.3 is 0 Å². The van der Waals surface area contributed by atoms with Crippen molar-refractivity contribution in [3.63, 3.8) is 0 Å². The Kier molecular flexibility index (Phi) is 3.53. The van der Waals surface area contributed by atoms with Crippen molar-refractivity contribution in [2.24, 2.45) is 0 Å². The van der Waals surface area contributed by atoms with Crippen molar-refractivity contribution in [1.82, 2.24) is 9.97 Å². The maximum atomic E-state index is 5.41. The summed E-state index contributed by atoms with van der Waals surface area (Å²) in [6.45, 7) is 0. The third kappa shape index (κ3) is 2.92. The Labute approximate surface area is 82.8 Å². The molecule has 0 atom stereocenters. The highest BCUT2D eigenvalue weighted by molar-refractivity contribution is 6.19. The van der Waals surface area contributed by atoms with Gasteiger partial charge in [0.1, 0.15) is 0 Å². The van der Waals surface area contributed by atoms with E-state index < -0.39 is 0 Å². The van der Waals surface area contributed by atoms with E-state index in [0.29, 0.717) is 11.8 Å². The number of anilines is 1. The van der Waals surface area contributed by atoms with Crippen molar-refractivity contribution in [3.8, 4) is 11.8 Å². The number of halogens is 1. The number of hydrogen-bond acceptors (Lipinski definition) is 3. The van der Waals surface area contributed by atoms with Gasteiger partial charge in [-0.3, -0.25) is 0 Å². The van der Waals surface area contributed by atoms with Crippen LogP contribution >= 0.6 is 11.6 Å². The molecule has 0 saturated carbocycles. The first-order chi connectivity index (χ1) is 6.24. The highest BCUT2D eigenvalue weighted by atomic mass is 35.5. The first-order valence-electron chi connectivity index (χ1n) is 3.78. The predicted molar refractivity (Wildman–Crippen MR) is 54.0 cm³/mol. The van der Waals surface area contributed by atoms with E-state index in [0.717, 1.165) is 5.56 Å². The molecule has 0 aliphatic carbocycles. The molecule has 1 heterocycles. The normalized spacial score (nSPS) is 8.85. The standard InChI is InChI=1S/C9H10ClN3/c1-13(2)9-11-6-8(7-12-9)4-3-5-10/h6-7H,5H2,1-2H3. The maximum Gasteiger partial charge on any atom is 0.224 e. The lowest BCUT2D eigenvalue weighted by molar-refractivity contribution is 0.995. The van der Waals surface area contributed by atoms with Crippen LogP contribution in [0.1, 0.15) is 5.56 Å². The van der Waals surface area contributed by atoms with E-state index in [1.54, 1.807) is 12.4 Å². The average molecular weight is 196 g/mol. The summed E-state index contributed by atoms with van der Waals surface area (Å²) in [6, 6.07) is 0. The Hall–Kier alpha value is -1.27. The molecule has 0 aromatic carbocycles. The van der Waals surface area contributed by atoms with E-state index >= 15 is 0 Å². The minimum absolute atomic E-state index is 0.329. The van der Waals surface area contributed by atoms with Crippen LogP contribution in [0, 0.1) is 11.8 Å². The van der Waals surface area contributed by atoms with Crippen LogP contribution in [0.2, 0.25) is 0 Å². The van der Waals surface area contributed by atoms with Crippen molar-refractivity contribution in [1.29, 1.82) is 0 Å². The lowest BCUT2D eigenvalue weighted by atomic mass is 10.3. The van der Waals surface area contributed by atoms with Gasteiger partial charge in [0, 0.05) is 26.5 Å². The van der Waals surface area contributed by atoms with Crippen LogP contribution in [0.5, 0.6) is 0 Å². The van der Waals surface area contributed by atoms with Gasteiger partial charge in [-0.25, -0.2) is 9.97 Å². The Morgan fingerprint density at radius 2 is 2.00 bits per heavy atom. The lowest BCUT2D eigenvalue weighted by Gasteiger charge is -2.07. The summed E-state index contributed by atoms with van der Waals surface area (Å²) in [5.74, 6) is 6.58. The molecule has 1 aromatic rings. The monoisotopic (exact) mass is 195 g/mol. The summed E-state index contributed by atoms with van der Waals surface area (Å²) < 4.78 is 0. The van der Waals surface area contributed by atoms with E-state index in [2.05, 4.69) is 21.8 Å². The van der Waals surface area contributed by atoms with Gasteiger partial charge in [0.2, 0.25) is 5.95 Å². The predicted octanol–water partition coefficient (Wildman–Crippen LogP) is 1.13. The molecule has 1 rings (SSSR count). The third-order valence-corrected chi connectivity index (χ3v) is 1.47. The van der Waals surface area contributed by atoms with Gasteiger partial charge in [0.05, 0.1) is 11.4 Å². The summed E-state index contributed by atoms with van der Waals surface area (Å²) >= 11 is 5.41. The smallest absolute Gasteiger partial charge is 0.224 e. The van der Waals surface area contributed by atoms with E-state index in [1.165, 1.54) is 0 Å². The third-order valence-electron chi connectivity index (χ3n) is 1.34. The Bertz CT molecular complexity index is 321. The second kappa shape index (κ2) is 4.68. The number of nitrogens with zero attached hydrogens (tertiary/aromatic N) is 3. The fraction of sp³-hybridized carbons (Fsp3) is 0.333. The lowest BCUT2D eigenvalue weighted by Crippen LogP contribution is -2.12. The second-order valence-electron chi connectivity index (χ2n) is 2.60. The molecule has 4 heteroatoms. The molecule has 0 N–H and O–H groups in total. The summed E-state index contributed by atoms with van der Waals surface area (Å²) in [5, 5.41) is 0. The Morgan fingerprint density at radius 3 is 2.46 bits per heavy atom. The fourth-order valence-electron chi connectivity index (χ4n) is 0.752. The van der Waals surface area contributed by atoms with E-state index in [9.17, 15) is 0 Å². The van der Waals surface area contributed by atoms with Gasteiger partial charge in [0.25, 0.3) is 0 Å². The molecule has 0 fully saturated rings. The van der Waals surface area contributed by atoms with Crippen LogP contribution in [0.25, 0.3) is 0 Å². The van der Waals surface area contributed by atoms with Crippen molar-refractivity contribution >= 4 is 17.5 Å². The first-order valence-corrected chi connectivity index (χ1v) is 4.31. The number of rotatable bonds is 1. The molecule has 0 spiro atoms. The summed E-state index contributed by atoms with van der Waals surface area (Å²) in [5.41, 5.74) is 0.784. The maximum absolute atomic E-state index is 5.41. The molecular weight excluding hydrogens is 186 g/mol. The molecule has 3 nitrogen and oxygen atoms in total. The van der Waals surface area contributed by atoms with Crippen molar-refractivity contribution in [3.05, 3.63) is 18.0 Å². The molecule has 68 valence electrons. The second-order valence-corrected chi connectivity index (χ2v) is 2.87. The largest absolute Gasteiger partial charge is 0.347 e. The molecule has 0 aliphatic heterocycles. The molecule has 0 aliphatic rings. The van der Waals surface area contributed by atoms with Crippen LogP contribution in [0.4, 0.5) is 5.95 Å². The summed E-state index contributed by atoms with van der Waals surface area (Å²) in [6.07, 6.45) is 3.36. The summed E-state index contributed by atoms with van der Waals surface area (Å²) in [7, 11) is 3.78. The molecule has 0 saturated heterocycles. The van der Waals surface area contributed by atoms with Gasteiger partial charge in [-0.05, 0) is 0 Å². The Morgan fingerprint density at radius 1 is 1.38 bits per heavy atom. The van der Waals surface area contributed by atoms with Crippen molar-refractivity contribution in [2.75, 3.05) is 24.9 Å². The minimum Gasteiger partial charge on any atom is -0.347 e. The molecule has 13 heavy (non-hydrogen) atoms. The van der Waals surface area contributed by atoms with E-state index in [1.807, 2.05) is 19.0 Å². The molecule has 0 unspecified atom stereocenters. The van der Waals surface area contributed by atoms with Crippen LogP contribution in [-0.4, -0.2) is 29.9 Å². The molecule has 0 radical (unpaired) electrons. The highest BCUT2D eigenvalue weighted by Crippen LogP contribution is 2.01. The van der Waals surface area contributed by atoms with Crippen molar-refractivity contribution in [2.45, 2.75) is 0 Å². The van der Waals surface area contributed by atoms with Crippen LogP contribution in [-0.2, 0) is 0 Å². The number of aromatic nitrogens is 2. The zero-order chi connectivity index (χ0) is 9.68. The minimum atomic E-state index is 0.329. The van der Waals surface area contributed by atoms with Gasteiger partial charge in [-0.2, -0.15) is 0 Å². The SMILES string of the molecule is CN(C)c1ncc(C#CCCl)cn1. The van der Waals surface area contributed by atoms with E-state index in [4.69, 9.17) is 11.6 Å². The number of alkyl halides is 1. The molecular formula is C9H10ClN3. The molecule has 0 amide bonds.